The molecule has 1 amide bonds. The number of rotatable bonds is 5. The Morgan fingerprint density at radius 3 is 2.50 bits per heavy atom. The molecule has 0 spiro atoms. The molecule has 1 aromatic rings. The normalized spacial score (nSPS) is 12.3. The minimum absolute atomic E-state index is 0. The molecule has 7 heteroatoms. The fraction of sp³-hybridized carbons (Fsp3) is 0.462. The molecule has 0 aliphatic carbocycles. The van der Waals surface area contributed by atoms with E-state index < -0.39 is 23.3 Å². The van der Waals surface area contributed by atoms with Gasteiger partial charge in [-0.05, 0) is 32.9 Å². The number of benzene rings is 1. The summed E-state index contributed by atoms with van der Waals surface area (Å²) < 4.78 is 30.9. The second-order valence-electron chi connectivity index (χ2n) is 5.04. The zero-order valence-electron chi connectivity index (χ0n) is 11.6. The predicted octanol–water partition coefficient (Wildman–Crippen LogP) is 2.01. The summed E-state index contributed by atoms with van der Waals surface area (Å²) in [7, 11) is 0. The van der Waals surface area contributed by atoms with Crippen LogP contribution in [-0.4, -0.2) is 24.1 Å². The summed E-state index contributed by atoms with van der Waals surface area (Å²) >= 11 is 0. The molecule has 0 fully saturated rings. The molecule has 1 unspecified atom stereocenters. The maximum Gasteiger partial charge on any atom is 0.260 e. The minimum Gasteiger partial charge on any atom is -0.481 e. The molecule has 0 radical (unpaired) electrons. The van der Waals surface area contributed by atoms with Gasteiger partial charge in [0, 0.05) is 18.2 Å². The van der Waals surface area contributed by atoms with Crippen molar-refractivity contribution in [3.8, 4) is 5.75 Å². The van der Waals surface area contributed by atoms with Crippen LogP contribution in [0.25, 0.3) is 0 Å². The van der Waals surface area contributed by atoms with Crippen molar-refractivity contribution < 1.29 is 18.3 Å². The van der Waals surface area contributed by atoms with Crippen LogP contribution in [0.5, 0.6) is 5.75 Å². The first-order valence-corrected chi connectivity index (χ1v) is 5.87. The van der Waals surface area contributed by atoms with Gasteiger partial charge in [0.2, 0.25) is 0 Å². The average molecular weight is 309 g/mol. The molecule has 0 aromatic heterocycles. The number of carbonyl (C=O) groups excluding carboxylic acids is 1. The monoisotopic (exact) mass is 308 g/mol. The first-order valence-electron chi connectivity index (χ1n) is 5.87. The molecule has 0 aliphatic rings. The van der Waals surface area contributed by atoms with E-state index in [0.29, 0.717) is 0 Å². The Morgan fingerprint density at radius 2 is 2.00 bits per heavy atom. The Bertz CT molecular complexity index is 464. The minimum atomic E-state index is -1.02. The van der Waals surface area contributed by atoms with Crippen molar-refractivity contribution in [3.63, 3.8) is 0 Å². The van der Waals surface area contributed by atoms with Crippen molar-refractivity contribution in [2.24, 2.45) is 5.73 Å². The third-order valence-electron chi connectivity index (χ3n) is 2.29. The van der Waals surface area contributed by atoms with E-state index >= 15 is 0 Å². The molecule has 0 saturated carbocycles. The summed E-state index contributed by atoms with van der Waals surface area (Å²) in [5, 5.41) is 2.61. The van der Waals surface area contributed by atoms with Gasteiger partial charge in [-0.15, -0.1) is 12.4 Å². The lowest BCUT2D eigenvalue weighted by atomic mass is 10.1. The van der Waals surface area contributed by atoms with E-state index in [9.17, 15) is 13.6 Å². The molecule has 0 saturated heterocycles. The van der Waals surface area contributed by atoms with Crippen LogP contribution in [0.4, 0.5) is 8.78 Å². The molecular weight excluding hydrogens is 290 g/mol. The van der Waals surface area contributed by atoms with E-state index in [0.717, 1.165) is 12.1 Å². The van der Waals surface area contributed by atoms with Crippen molar-refractivity contribution in [1.82, 2.24) is 5.32 Å². The predicted molar refractivity (Wildman–Crippen MR) is 75.0 cm³/mol. The molecule has 0 bridgehead atoms. The quantitative estimate of drug-likeness (QED) is 0.874. The number of halogens is 3. The fourth-order valence-corrected chi connectivity index (χ4v) is 1.27. The van der Waals surface area contributed by atoms with E-state index in [1.807, 2.05) is 0 Å². The lowest BCUT2D eigenvalue weighted by Gasteiger charge is -2.21. The molecule has 1 atom stereocenters. The molecular formula is C13H19ClF2N2O2. The van der Waals surface area contributed by atoms with Crippen LogP contribution >= 0.6 is 12.4 Å². The summed E-state index contributed by atoms with van der Waals surface area (Å²) in [4.78, 5) is 11.7. The lowest BCUT2D eigenvalue weighted by Crippen LogP contribution is -2.48. The zero-order chi connectivity index (χ0) is 14.6. The molecule has 1 rings (SSSR count). The summed E-state index contributed by atoms with van der Waals surface area (Å²) in [5.74, 6) is -2.26. The highest BCUT2D eigenvalue weighted by molar-refractivity contribution is 5.85. The van der Waals surface area contributed by atoms with Gasteiger partial charge >= 0.3 is 0 Å². The molecule has 0 heterocycles. The van der Waals surface area contributed by atoms with Gasteiger partial charge in [0.15, 0.2) is 17.7 Å². The molecule has 4 nitrogen and oxygen atoms in total. The highest BCUT2D eigenvalue weighted by Gasteiger charge is 2.18. The summed E-state index contributed by atoms with van der Waals surface area (Å²) in [6.07, 6.45) is -0.827. The van der Waals surface area contributed by atoms with Crippen LogP contribution in [0, 0.1) is 11.6 Å². The van der Waals surface area contributed by atoms with Crippen LogP contribution in [0.15, 0.2) is 18.2 Å². The third kappa shape index (κ3) is 6.16. The number of ether oxygens (including phenoxy) is 1. The molecule has 20 heavy (non-hydrogen) atoms. The standard InChI is InChI=1S/C13H18F2N2O2.ClH/c1-8(12(18)17-7-13(2,3)16)19-9-4-5-10(14)11(15)6-9;/h4-6,8H,7,16H2,1-3H3,(H,17,18);1H. The maximum atomic E-state index is 13.0. The smallest absolute Gasteiger partial charge is 0.260 e. The summed E-state index contributed by atoms with van der Waals surface area (Å²) in [6, 6.07) is 3.10. The third-order valence-corrected chi connectivity index (χ3v) is 2.29. The number of carbonyl (C=O) groups is 1. The second kappa shape index (κ2) is 7.40. The number of hydrogen-bond donors (Lipinski definition) is 2. The Hall–Kier alpha value is -1.40. The van der Waals surface area contributed by atoms with Gasteiger partial charge in [-0.1, -0.05) is 0 Å². The second-order valence-corrected chi connectivity index (χ2v) is 5.04. The summed E-state index contributed by atoms with van der Waals surface area (Å²) in [6.45, 7) is 5.35. The molecule has 114 valence electrons. The molecule has 1 aromatic carbocycles. The van der Waals surface area contributed by atoms with E-state index in [1.165, 1.54) is 13.0 Å². The number of hydrogen-bond acceptors (Lipinski definition) is 3. The largest absolute Gasteiger partial charge is 0.481 e. The number of nitrogens with one attached hydrogen (secondary N) is 1. The van der Waals surface area contributed by atoms with E-state index in [4.69, 9.17) is 10.5 Å². The van der Waals surface area contributed by atoms with Crippen LogP contribution < -0.4 is 15.8 Å². The Labute approximate surface area is 123 Å². The fourth-order valence-electron chi connectivity index (χ4n) is 1.27. The maximum absolute atomic E-state index is 13.0. The van der Waals surface area contributed by atoms with Crippen molar-refractivity contribution in [2.45, 2.75) is 32.4 Å². The van der Waals surface area contributed by atoms with Crippen molar-refractivity contribution in [1.29, 1.82) is 0 Å². The topological polar surface area (TPSA) is 64.3 Å². The van der Waals surface area contributed by atoms with Crippen LogP contribution in [0.1, 0.15) is 20.8 Å². The zero-order valence-corrected chi connectivity index (χ0v) is 12.4. The van der Waals surface area contributed by atoms with Gasteiger partial charge in [0.1, 0.15) is 5.75 Å². The average Bonchev–Trinajstić information content (AvgIpc) is 2.29. The van der Waals surface area contributed by atoms with Gasteiger partial charge in [0.05, 0.1) is 0 Å². The van der Waals surface area contributed by atoms with E-state index in [2.05, 4.69) is 5.32 Å². The van der Waals surface area contributed by atoms with Crippen molar-refractivity contribution in [2.75, 3.05) is 6.54 Å². The number of nitrogens with two attached hydrogens (primary N) is 1. The number of amides is 1. The van der Waals surface area contributed by atoms with Crippen LogP contribution in [0.3, 0.4) is 0 Å². The highest BCUT2D eigenvalue weighted by Crippen LogP contribution is 2.16. The van der Waals surface area contributed by atoms with Gasteiger partial charge in [0.25, 0.3) is 5.91 Å². The Balaban J connectivity index is 0.00000361. The highest BCUT2D eigenvalue weighted by atomic mass is 35.5. The Morgan fingerprint density at radius 1 is 1.40 bits per heavy atom. The van der Waals surface area contributed by atoms with Gasteiger partial charge in [-0.25, -0.2) is 8.78 Å². The van der Waals surface area contributed by atoms with E-state index in [-0.39, 0.29) is 30.6 Å². The first-order chi connectivity index (χ1) is 8.69. The summed E-state index contributed by atoms with van der Waals surface area (Å²) in [5.41, 5.74) is 5.20. The first kappa shape index (κ1) is 18.6. The molecule has 0 aliphatic heterocycles. The SMILES string of the molecule is CC(Oc1ccc(F)c(F)c1)C(=O)NCC(C)(C)N.Cl. The van der Waals surface area contributed by atoms with Crippen LogP contribution in [0.2, 0.25) is 0 Å². The van der Waals surface area contributed by atoms with Crippen molar-refractivity contribution >= 4 is 18.3 Å². The molecule has 3 N–H and O–H groups in total. The van der Waals surface area contributed by atoms with Crippen LogP contribution in [-0.2, 0) is 4.79 Å². The lowest BCUT2D eigenvalue weighted by molar-refractivity contribution is -0.127. The van der Waals surface area contributed by atoms with Gasteiger partial charge < -0.3 is 15.8 Å². The van der Waals surface area contributed by atoms with Gasteiger partial charge in [-0.2, -0.15) is 0 Å². The van der Waals surface area contributed by atoms with Gasteiger partial charge in [-0.3, -0.25) is 4.79 Å². The Kier molecular flexibility index (Phi) is 6.88. The van der Waals surface area contributed by atoms with E-state index in [1.54, 1.807) is 13.8 Å². The van der Waals surface area contributed by atoms with Crippen molar-refractivity contribution in [3.05, 3.63) is 29.8 Å².